The molecular formula is C15H20N2O4. The van der Waals surface area contributed by atoms with Crippen LogP contribution in [0.5, 0.6) is 5.75 Å². The number of amides is 2. The highest BCUT2D eigenvalue weighted by Gasteiger charge is 2.18. The monoisotopic (exact) mass is 292 g/mol. The van der Waals surface area contributed by atoms with Gasteiger partial charge in [-0.15, -0.1) is 0 Å². The van der Waals surface area contributed by atoms with Crippen molar-refractivity contribution in [2.75, 3.05) is 40.0 Å². The van der Waals surface area contributed by atoms with Crippen molar-refractivity contribution < 1.29 is 19.1 Å². The van der Waals surface area contributed by atoms with Gasteiger partial charge in [-0.3, -0.25) is 9.59 Å². The highest BCUT2D eigenvalue weighted by atomic mass is 16.5. The summed E-state index contributed by atoms with van der Waals surface area (Å²) >= 11 is 0. The fourth-order valence-electron chi connectivity index (χ4n) is 2.20. The molecule has 1 aliphatic rings. The van der Waals surface area contributed by atoms with Gasteiger partial charge in [0, 0.05) is 25.2 Å². The molecule has 0 spiro atoms. The van der Waals surface area contributed by atoms with Crippen LogP contribution < -0.4 is 10.1 Å². The minimum absolute atomic E-state index is 0.0276. The van der Waals surface area contributed by atoms with Crippen molar-refractivity contribution in [1.82, 2.24) is 10.2 Å². The standard InChI is InChI=1S/C15H20N2O4/c1-20-13-5-3-2-4-12(13)10-14(18)16-6-7-17-8-9-21-11-15(17)19/h2-5H,6-11H2,1H3,(H,16,18). The van der Waals surface area contributed by atoms with Gasteiger partial charge in [-0.25, -0.2) is 0 Å². The SMILES string of the molecule is COc1ccccc1CC(=O)NCCN1CCOCC1=O. The smallest absolute Gasteiger partial charge is 0.248 e. The molecule has 0 unspecified atom stereocenters. The highest BCUT2D eigenvalue weighted by molar-refractivity contribution is 5.80. The third kappa shape index (κ3) is 4.46. The van der Waals surface area contributed by atoms with E-state index in [9.17, 15) is 9.59 Å². The van der Waals surface area contributed by atoms with Crippen molar-refractivity contribution in [2.24, 2.45) is 0 Å². The van der Waals surface area contributed by atoms with Crippen molar-refractivity contribution in [3.8, 4) is 5.75 Å². The van der Waals surface area contributed by atoms with Crippen LogP contribution in [0.1, 0.15) is 5.56 Å². The molecule has 114 valence electrons. The molecule has 1 aliphatic heterocycles. The van der Waals surface area contributed by atoms with Crippen LogP contribution in [-0.2, 0) is 20.7 Å². The number of nitrogens with zero attached hydrogens (tertiary/aromatic N) is 1. The maximum Gasteiger partial charge on any atom is 0.248 e. The molecule has 0 saturated carbocycles. The molecule has 0 aliphatic carbocycles. The average Bonchev–Trinajstić information content (AvgIpc) is 2.50. The Hall–Kier alpha value is -2.08. The Bertz CT molecular complexity index is 504. The van der Waals surface area contributed by atoms with Gasteiger partial charge in [0.2, 0.25) is 11.8 Å². The summed E-state index contributed by atoms with van der Waals surface area (Å²) < 4.78 is 10.3. The molecule has 1 aromatic carbocycles. The van der Waals surface area contributed by atoms with Crippen LogP contribution in [0.3, 0.4) is 0 Å². The normalized spacial score (nSPS) is 14.9. The molecule has 0 aromatic heterocycles. The Balaban J connectivity index is 1.76. The van der Waals surface area contributed by atoms with Gasteiger partial charge in [-0.1, -0.05) is 18.2 Å². The second kappa shape index (κ2) is 7.64. The number of rotatable bonds is 6. The van der Waals surface area contributed by atoms with E-state index >= 15 is 0 Å². The zero-order valence-corrected chi connectivity index (χ0v) is 12.1. The topological polar surface area (TPSA) is 67.9 Å². The summed E-state index contributed by atoms with van der Waals surface area (Å²) in [4.78, 5) is 25.1. The summed E-state index contributed by atoms with van der Waals surface area (Å²) in [6, 6.07) is 7.43. The molecule has 1 N–H and O–H groups in total. The van der Waals surface area contributed by atoms with E-state index in [0.29, 0.717) is 32.0 Å². The number of hydrogen-bond acceptors (Lipinski definition) is 4. The second-order valence-corrected chi connectivity index (χ2v) is 4.77. The average molecular weight is 292 g/mol. The van der Waals surface area contributed by atoms with Gasteiger partial charge in [0.25, 0.3) is 0 Å². The van der Waals surface area contributed by atoms with E-state index in [2.05, 4.69) is 5.32 Å². The van der Waals surface area contributed by atoms with E-state index in [1.165, 1.54) is 0 Å². The van der Waals surface area contributed by atoms with Gasteiger partial charge in [-0.05, 0) is 6.07 Å². The number of nitrogens with one attached hydrogen (secondary N) is 1. The summed E-state index contributed by atoms with van der Waals surface area (Å²) in [5.41, 5.74) is 0.847. The van der Waals surface area contributed by atoms with E-state index < -0.39 is 0 Å². The number of hydrogen-bond donors (Lipinski definition) is 1. The van der Waals surface area contributed by atoms with E-state index in [-0.39, 0.29) is 24.8 Å². The third-order valence-electron chi connectivity index (χ3n) is 3.33. The molecular weight excluding hydrogens is 272 g/mol. The lowest BCUT2D eigenvalue weighted by Gasteiger charge is -2.26. The minimum atomic E-state index is -0.0831. The molecule has 6 nitrogen and oxygen atoms in total. The van der Waals surface area contributed by atoms with Crippen LogP contribution in [0.15, 0.2) is 24.3 Å². The molecule has 1 aromatic rings. The van der Waals surface area contributed by atoms with Gasteiger partial charge >= 0.3 is 0 Å². The van der Waals surface area contributed by atoms with Crippen LogP contribution in [0.4, 0.5) is 0 Å². The van der Waals surface area contributed by atoms with E-state index in [0.717, 1.165) is 5.56 Å². The molecule has 0 atom stereocenters. The molecule has 1 saturated heterocycles. The van der Waals surface area contributed by atoms with E-state index in [4.69, 9.17) is 9.47 Å². The molecule has 0 radical (unpaired) electrons. The first-order valence-electron chi connectivity index (χ1n) is 6.95. The lowest BCUT2D eigenvalue weighted by Crippen LogP contribution is -2.45. The molecule has 0 bridgehead atoms. The van der Waals surface area contributed by atoms with Crippen LogP contribution in [-0.4, -0.2) is 56.7 Å². The highest BCUT2D eigenvalue weighted by Crippen LogP contribution is 2.17. The zero-order chi connectivity index (χ0) is 15.1. The molecule has 2 rings (SSSR count). The van der Waals surface area contributed by atoms with Crippen molar-refractivity contribution in [2.45, 2.75) is 6.42 Å². The van der Waals surface area contributed by atoms with E-state index in [1.54, 1.807) is 12.0 Å². The van der Waals surface area contributed by atoms with Gasteiger partial charge in [0.15, 0.2) is 0 Å². The van der Waals surface area contributed by atoms with Crippen molar-refractivity contribution >= 4 is 11.8 Å². The van der Waals surface area contributed by atoms with Crippen LogP contribution in [0, 0.1) is 0 Å². The fourth-order valence-corrected chi connectivity index (χ4v) is 2.20. The van der Waals surface area contributed by atoms with Crippen molar-refractivity contribution in [3.05, 3.63) is 29.8 Å². The van der Waals surface area contributed by atoms with Crippen LogP contribution >= 0.6 is 0 Å². The number of morpholine rings is 1. The Morgan fingerprint density at radius 3 is 3.00 bits per heavy atom. The van der Waals surface area contributed by atoms with E-state index in [1.807, 2.05) is 24.3 Å². The van der Waals surface area contributed by atoms with Crippen LogP contribution in [0.2, 0.25) is 0 Å². The maximum absolute atomic E-state index is 11.9. The lowest BCUT2D eigenvalue weighted by molar-refractivity contribution is -0.142. The zero-order valence-electron chi connectivity index (χ0n) is 12.1. The van der Waals surface area contributed by atoms with Gasteiger partial charge in [-0.2, -0.15) is 0 Å². The third-order valence-corrected chi connectivity index (χ3v) is 3.33. The Kier molecular flexibility index (Phi) is 5.57. The first kappa shape index (κ1) is 15.3. The summed E-state index contributed by atoms with van der Waals surface area (Å²) in [6.45, 7) is 2.23. The molecule has 1 heterocycles. The second-order valence-electron chi connectivity index (χ2n) is 4.77. The summed E-state index contributed by atoms with van der Waals surface area (Å²) in [6.07, 6.45) is 0.265. The quantitative estimate of drug-likeness (QED) is 0.814. The number of para-hydroxylation sites is 1. The molecule has 1 fully saturated rings. The largest absolute Gasteiger partial charge is 0.496 e. The lowest BCUT2D eigenvalue weighted by atomic mass is 10.1. The summed E-state index contributed by atoms with van der Waals surface area (Å²) in [5.74, 6) is 0.594. The van der Waals surface area contributed by atoms with Gasteiger partial charge in [0.1, 0.15) is 12.4 Å². The Labute approximate surface area is 124 Å². The minimum Gasteiger partial charge on any atom is -0.496 e. The number of carbonyl (C=O) groups excluding carboxylic acids is 2. The van der Waals surface area contributed by atoms with Crippen molar-refractivity contribution in [1.29, 1.82) is 0 Å². The Morgan fingerprint density at radius 1 is 1.43 bits per heavy atom. The van der Waals surface area contributed by atoms with Crippen LogP contribution in [0.25, 0.3) is 0 Å². The number of ether oxygens (including phenoxy) is 2. The number of benzene rings is 1. The number of carbonyl (C=O) groups is 2. The first-order valence-corrected chi connectivity index (χ1v) is 6.95. The molecule has 21 heavy (non-hydrogen) atoms. The predicted octanol–water partition coefficient (Wildman–Crippen LogP) is 0.213. The molecule has 2 amide bonds. The first-order chi connectivity index (χ1) is 10.2. The maximum atomic E-state index is 11.9. The van der Waals surface area contributed by atoms with Crippen molar-refractivity contribution in [3.63, 3.8) is 0 Å². The predicted molar refractivity (Wildman–Crippen MR) is 77.1 cm³/mol. The summed E-state index contributed by atoms with van der Waals surface area (Å²) in [5, 5.41) is 2.82. The Morgan fingerprint density at radius 2 is 2.24 bits per heavy atom. The van der Waals surface area contributed by atoms with Gasteiger partial charge in [0.05, 0.1) is 20.1 Å². The van der Waals surface area contributed by atoms with Gasteiger partial charge < -0.3 is 19.7 Å². The summed E-state index contributed by atoms with van der Waals surface area (Å²) in [7, 11) is 1.58. The number of methoxy groups -OCH3 is 1. The fraction of sp³-hybridized carbons (Fsp3) is 0.467. The molecule has 6 heteroatoms.